The largest absolute Gasteiger partial charge is 0.382 e. The molecule has 1 aromatic heterocycles. The number of fused-ring (bicyclic) bond motifs is 3. The van der Waals surface area contributed by atoms with Crippen LogP contribution in [0.4, 0.5) is 5.69 Å². The van der Waals surface area contributed by atoms with Gasteiger partial charge in [0.15, 0.2) is 0 Å². The Bertz CT molecular complexity index is 1100. The van der Waals surface area contributed by atoms with Crippen LogP contribution in [0, 0.1) is 5.92 Å². The summed E-state index contributed by atoms with van der Waals surface area (Å²) in [6, 6.07) is 1.76. The minimum Gasteiger partial charge on any atom is -0.382 e. The van der Waals surface area contributed by atoms with Crippen LogP contribution in [0.1, 0.15) is 18.4 Å². The zero-order chi connectivity index (χ0) is 22.9. The number of halogens is 2. The lowest BCUT2D eigenvalue weighted by molar-refractivity contribution is -0.138. The van der Waals surface area contributed by atoms with E-state index in [9.17, 15) is 13.2 Å². The summed E-state index contributed by atoms with van der Waals surface area (Å²) < 4.78 is 40.2. The molecule has 1 saturated heterocycles. The van der Waals surface area contributed by atoms with E-state index >= 15 is 0 Å². The number of ether oxygens (including phenoxy) is 2. The Labute approximate surface area is 197 Å². The monoisotopic (exact) mass is 504 g/mol. The molecule has 0 saturated carbocycles. The zero-order valence-corrected chi connectivity index (χ0v) is 20.0. The first kappa shape index (κ1) is 23.6. The number of nitrogens with one attached hydrogen (secondary N) is 2. The summed E-state index contributed by atoms with van der Waals surface area (Å²) in [6.07, 6.45) is 3.06. The van der Waals surface area contributed by atoms with Gasteiger partial charge in [0.25, 0.3) is 0 Å². The number of piperidine rings is 1. The SMILES string of the molecule is COCCOCC(=O)N1CCC(CN2Cc3cc(Cl)c4c(Cl)c[nH]c4c3NS2(=O)=O)CC1. The molecule has 1 amide bonds. The summed E-state index contributed by atoms with van der Waals surface area (Å²) in [6.45, 7) is 2.64. The summed E-state index contributed by atoms with van der Waals surface area (Å²) in [7, 11) is -2.13. The molecule has 12 heteroatoms. The Hall–Kier alpha value is -1.56. The Morgan fingerprint density at radius 1 is 1.22 bits per heavy atom. The number of H-pyrrole nitrogens is 1. The van der Waals surface area contributed by atoms with Crippen molar-refractivity contribution in [2.45, 2.75) is 19.4 Å². The van der Waals surface area contributed by atoms with Crippen molar-refractivity contribution in [3.8, 4) is 0 Å². The standard InChI is InChI=1S/C20H26Cl2N4O5S/c1-30-6-7-31-12-17(27)25-4-2-13(3-5-25)10-26-11-14-8-15(21)18-16(22)9-23-20(18)19(14)24-32(26,28)29/h8-9,13,23-24H,2-7,10-12H2,1H3. The van der Waals surface area contributed by atoms with E-state index in [4.69, 9.17) is 32.7 Å². The maximum absolute atomic E-state index is 12.9. The number of aromatic amines is 1. The van der Waals surface area contributed by atoms with Gasteiger partial charge in [0.1, 0.15) is 6.61 Å². The lowest BCUT2D eigenvalue weighted by atomic mass is 9.96. The van der Waals surface area contributed by atoms with Gasteiger partial charge in [0, 0.05) is 44.9 Å². The molecule has 32 heavy (non-hydrogen) atoms. The van der Waals surface area contributed by atoms with Crippen molar-refractivity contribution in [3.63, 3.8) is 0 Å². The van der Waals surface area contributed by atoms with Gasteiger partial charge in [-0.1, -0.05) is 23.2 Å². The third-order valence-electron chi connectivity index (χ3n) is 5.95. The van der Waals surface area contributed by atoms with Crippen molar-refractivity contribution in [1.82, 2.24) is 14.2 Å². The van der Waals surface area contributed by atoms with Gasteiger partial charge in [-0.15, -0.1) is 0 Å². The van der Waals surface area contributed by atoms with Gasteiger partial charge < -0.3 is 19.4 Å². The molecule has 0 aliphatic carbocycles. The minimum atomic E-state index is -3.71. The number of amides is 1. The van der Waals surface area contributed by atoms with Crippen LogP contribution in [0.3, 0.4) is 0 Å². The van der Waals surface area contributed by atoms with E-state index in [-0.39, 0.29) is 25.0 Å². The Kier molecular flexibility index (Phi) is 7.18. The highest BCUT2D eigenvalue weighted by Gasteiger charge is 2.34. The predicted octanol–water partition coefficient (Wildman–Crippen LogP) is 2.85. The van der Waals surface area contributed by atoms with Crippen LogP contribution >= 0.6 is 23.2 Å². The van der Waals surface area contributed by atoms with Gasteiger partial charge in [0.2, 0.25) is 5.91 Å². The van der Waals surface area contributed by atoms with Crippen LogP contribution < -0.4 is 4.72 Å². The Morgan fingerprint density at radius 2 is 1.97 bits per heavy atom. The number of rotatable bonds is 7. The highest BCUT2D eigenvalue weighted by atomic mass is 35.5. The van der Waals surface area contributed by atoms with Crippen molar-refractivity contribution in [3.05, 3.63) is 27.9 Å². The molecule has 1 aromatic carbocycles. The van der Waals surface area contributed by atoms with Crippen molar-refractivity contribution in [2.24, 2.45) is 5.92 Å². The molecule has 2 N–H and O–H groups in total. The lowest BCUT2D eigenvalue weighted by Gasteiger charge is -2.36. The van der Waals surface area contributed by atoms with Gasteiger partial charge in [0.05, 0.1) is 34.5 Å². The highest BCUT2D eigenvalue weighted by molar-refractivity contribution is 7.90. The van der Waals surface area contributed by atoms with Crippen molar-refractivity contribution in [2.75, 3.05) is 51.3 Å². The number of anilines is 1. The first-order valence-corrected chi connectivity index (χ1v) is 12.6. The second-order valence-corrected chi connectivity index (χ2v) is 10.5. The number of methoxy groups -OCH3 is 1. The summed E-state index contributed by atoms with van der Waals surface area (Å²) in [5.74, 6) is 0.106. The van der Waals surface area contributed by atoms with Crippen molar-refractivity contribution >= 4 is 55.9 Å². The van der Waals surface area contributed by atoms with Crippen molar-refractivity contribution in [1.29, 1.82) is 0 Å². The molecule has 0 bridgehead atoms. The average molecular weight is 505 g/mol. The van der Waals surface area contributed by atoms with Gasteiger partial charge >= 0.3 is 10.2 Å². The summed E-state index contributed by atoms with van der Waals surface area (Å²) in [4.78, 5) is 17.0. The Morgan fingerprint density at radius 3 is 2.69 bits per heavy atom. The number of carbonyl (C=O) groups is 1. The normalized spacial score (nSPS) is 19.2. The molecule has 176 valence electrons. The second kappa shape index (κ2) is 9.74. The molecule has 2 aliphatic heterocycles. The Balaban J connectivity index is 1.38. The lowest BCUT2D eigenvalue weighted by Crippen LogP contribution is -2.46. The van der Waals surface area contributed by atoms with Gasteiger partial charge in [-0.05, 0) is 30.4 Å². The number of likely N-dealkylation sites (tertiary alicyclic amines) is 1. The number of nitrogens with zero attached hydrogens (tertiary/aromatic N) is 2. The summed E-state index contributed by atoms with van der Waals surface area (Å²) in [5.41, 5.74) is 1.86. The van der Waals surface area contributed by atoms with E-state index in [1.807, 2.05) is 0 Å². The molecule has 0 atom stereocenters. The van der Waals surface area contributed by atoms with E-state index in [0.29, 0.717) is 59.5 Å². The highest BCUT2D eigenvalue weighted by Crippen LogP contribution is 2.40. The molecular formula is C20H26Cl2N4O5S. The molecule has 0 unspecified atom stereocenters. The molecule has 3 heterocycles. The van der Waals surface area contributed by atoms with Gasteiger partial charge in [-0.2, -0.15) is 12.7 Å². The van der Waals surface area contributed by atoms with Crippen LogP contribution in [0.5, 0.6) is 0 Å². The van der Waals surface area contributed by atoms with Gasteiger partial charge in [-0.3, -0.25) is 9.52 Å². The number of carbonyl (C=O) groups excluding carboxylic acids is 1. The predicted molar refractivity (Wildman–Crippen MR) is 123 cm³/mol. The third-order valence-corrected chi connectivity index (χ3v) is 7.96. The summed E-state index contributed by atoms with van der Waals surface area (Å²) in [5, 5.41) is 1.52. The third kappa shape index (κ3) is 4.85. The number of aromatic nitrogens is 1. The molecule has 4 rings (SSSR count). The van der Waals surface area contributed by atoms with Crippen LogP contribution in [-0.2, 0) is 31.0 Å². The fourth-order valence-electron chi connectivity index (χ4n) is 4.21. The fraction of sp³-hybridized carbons (Fsp3) is 0.550. The molecule has 9 nitrogen and oxygen atoms in total. The zero-order valence-electron chi connectivity index (χ0n) is 17.7. The van der Waals surface area contributed by atoms with Crippen LogP contribution in [0.2, 0.25) is 10.0 Å². The molecule has 0 radical (unpaired) electrons. The van der Waals surface area contributed by atoms with Crippen LogP contribution in [0.25, 0.3) is 10.9 Å². The molecule has 1 fully saturated rings. The summed E-state index contributed by atoms with van der Waals surface area (Å²) >= 11 is 12.6. The number of benzene rings is 1. The average Bonchev–Trinajstić information content (AvgIpc) is 3.15. The van der Waals surface area contributed by atoms with E-state index in [0.717, 1.165) is 18.4 Å². The van der Waals surface area contributed by atoms with E-state index in [1.54, 1.807) is 24.3 Å². The fourth-order valence-corrected chi connectivity index (χ4v) is 6.17. The minimum absolute atomic E-state index is 0.0349. The molecule has 2 aromatic rings. The maximum Gasteiger partial charge on any atom is 0.302 e. The van der Waals surface area contributed by atoms with Crippen LogP contribution in [0.15, 0.2) is 12.3 Å². The van der Waals surface area contributed by atoms with E-state index in [2.05, 4.69) is 9.71 Å². The first-order valence-electron chi connectivity index (χ1n) is 10.4. The van der Waals surface area contributed by atoms with Crippen molar-refractivity contribution < 1.29 is 22.7 Å². The molecular weight excluding hydrogens is 479 g/mol. The van der Waals surface area contributed by atoms with Gasteiger partial charge in [-0.25, -0.2) is 0 Å². The first-order chi connectivity index (χ1) is 15.3. The number of hydrogen-bond acceptors (Lipinski definition) is 5. The maximum atomic E-state index is 12.9. The van der Waals surface area contributed by atoms with Crippen LogP contribution in [-0.4, -0.2) is 75.1 Å². The van der Waals surface area contributed by atoms with E-state index in [1.165, 1.54) is 4.31 Å². The molecule has 0 spiro atoms. The smallest absolute Gasteiger partial charge is 0.302 e. The number of hydrogen-bond donors (Lipinski definition) is 2. The topological polar surface area (TPSA) is 104 Å². The van der Waals surface area contributed by atoms with E-state index < -0.39 is 10.2 Å². The molecule has 2 aliphatic rings. The second-order valence-electron chi connectivity index (χ2n) is 8.05. The quantitative estimate of drug-likeness (QED) is 0.564.